The normalized spacial score (nSPS) is 20.7. The molecule has 0 spiro atoms. The number of nitrogens with zero attached hydrogens (tertiary/aromatic N) is 1. The zero-order valence-corrected chi connectivity index (χ0v) is 13.7. The van der Waals surface area contributed by atoms with Crippen LogP contribution in [-0.2, 0) is 20.6 Å². The Morgan fingerprint density at radius 2 is 2.00 bits per heavy atom. The van der Waals surface area contributed by atoms with Crippen LogP contribution in [0.2, 0.25) is 5.02 Å². The van der Waals surface area contributed by atoms with E-state index in [0.29, 0.717) is 0 Å². The molecule has 0 aliphatic carbocycles. The number of halogens is 3. The minimum absolute atomic E-state index is 0.103. The molecule has 1 aliphatic heterocycles. The summed E-state index contributed by atoms with van der Waals surface area (Å²) in [5.41, 5.74) is -0.503. The Morgan fingerprint density at radius 1 is 1.36 bits per heavy atom. The van der Waals surface area contributed by atoms with E-state index in [2.05, 4.69) is 0 Å². The smallest absolute Gasteiger partial charge is 0.335 e. The SMILES string of the molecule is CC1(C)CN(C(=O)C(F)(F)c2cccc(Cl)c2)CCS1(=O)=O. The Morgan fingerprint density at radius 3 is 2.55 bits per heavy atom. The van der Waals surface area contributed by atoms with Gasteiger partial charge in [0.25, 0.3) is 5.91 Å². The second kappa shape index (κ2) is 5.45. The molecule has 1 aromatic carbocycles. The quantitative estimate of drug-likeness (QED) is 0.822. The van der Waals surface area contributed by atoms with E-state index in [0.717, 1.165) is 17.0 Å². The molecule has 1 fully saturated rings. The van der Waals surface area contributed by atoms with Gasteiger partial charge >= 0.3 is 5.92 Å². The van der Waals surface area contributed by atoms with Crippen LogP contribution in [0.4, 0.5) is 8.78 Å². The van der Waals surface area contributed by atoms with Crippen LogP contribution in [0.1, 0.15) is 19.4 Å². The van der Waals surface area contributed by atoms with Crippen LogP contribution in [0.3, 0.4) is 0 Å². The third-order valence-corrected chi connectivity index (χ3v) is 6.55. The van der Waals surface area contributed by atoms with Crippen molar-refractivity contribution in [1.29, 1.82) is 0 Å². The van der Waals surface area contributed by atoms with E-state index in [9.17, 15) is 22.0 Å². The van der Waals surface area contributed by atoms with E-state index in [-0.39, 0.29) is 23.9 Å². The third-order valence-electron chi connectivity index (χ3n) is 3.79. The van der Waals surface area contributed by atoms with Crippen molar-refractivity contribution < 1.29 is 22.0 Å². The summed E-state index contributed by atoms with van der Waals surface area (Å²) in [6, 6.07) is 4.92. The van der Waals surface area contributed by atoms with Crippen LogP contribution in [0.15, 0.2) is 24.3 Å². The molecular weight excluding hydrogens is 336 g/mol. The second-order valence-corrected chi connectivity index (χ2v) is 9.07. The van der Waals surface area contributed by atoms with Crippen LogP contribution >= 0.6 is 11.6 Å². The predicted molar refractivity (Wildman–Crippen MR) is 79.8 cm³/mol. The van der Waals surface area contributed by atoms with E-state index >= 15 is 0 Å². The summed E-state index contributed by atoms with van der Waals surface area (Å²) < 4.78 is 51.3. The lowest BCUT2D eigenvalue weighted by atomic mass is 10.1. The van der Waals surface area contributed by atoms with Crippen molar-refractivity contribution in [2.45, 2.75) is 24.5 Å². The average molecular weight is 352 g/mol. The molecule has 8 heteroatoms. The van der Waals surface area contributed by atoms with E-state index < -0.39 is 32.0 Å². The number of rotatable bonds is 2. The summed E-state index contributed by atoms with van der Waals surface area (Å²) in [5.74, 6) is -5.47. The van der Waals surface area contributed by atoms with Crippen LogP contribution in [0, 0.1) is 0 Å². The monoisotopic (exact) mass is 351 g/mol. The van der Waals surface area contributed by atoms with E-state index in [1.807, 2.05) is 0 Å². The zero-order valence-electron chi connectivity index (χ0n) is 12.1. The van der Waals surface area contributed by atoms with Crippen molar-refractivity contribution in [2.75, 3.05) is 18.8 Å². The van der Waals surface area contributed by atoms with Gasteiger partial charge in [0.1, 0.15) is 0 Å². The Labute approximate surface area is 133 Å². The van der Waals surface area contributed by atoms with Gasteiger partial charge in [0.15, 0.2) is 9.84 Å². The maximum absolute atomic E-state index is 14.4. The zero-order chi connectivity index (χ0) is 16.8. The van der Waals surface area contributed by atoms with Crippen molar-refractivity contribution in [2.24, 2.45) is 0 Å². The summed E-state index contributed by atoms with van der Waals surface area (Å²) in [4.78, 5) is 13.1. The number of alkyl halides is 2. The number of carbonyl (C=O) groups excluding carboxylic acids is 1. The van der Waals surface area contributed by atoms with Crippen molar-refractivity contribution >= 4 is 27.3 Å². The molecule has 1 aliphatic rings. The first-order valence-corrected chi connectivity index (χ1v) is 8.66. The summed E-state index contributed by atoms with van der Waals surface area (Å²) >= 11 is 5.69. The molecule has 0 N–H and O–H groups in total. The van der Waals surface area contributed by atoms with Gasteiger partial charge in [-0.1, -0.05) is 23.7 Å². The molecule has 4 nitrogen and oxygen atoms in total. The molecule has 0 aromatic heterocycles. The van der Waals surface area contributed by atoms with Crippen LogP contribution in [-0.4, -0.2) is 42.8 Å². The third kappa shape index (κ3) is 2.96. The van der Waals surface area contributed by atoms with Gasteiger partial charge in [0, 0.05) is 23.7 Å². The number of carbonyl (C=O) groups is 1. The highest BCUT2D eigenvalue weighted by Crippen LogP contribution is 2.34. The number of sulfone groups is 1. The first kappa shape index (κ1) is 17.1. The summed E-state index contributed by atoms with van der Waals surface area (Å²) in [6.07, 6.45) is 0. The Balaban J connectivity index is 2.28. The first-order valence-electron chi connectivity index (χ1n) is 6.63. The molecule has 1 amide bonds. The largest absolute Gasteiger partial charge is 0.350 e. The summed E-state index contributed by atoms with van der Waals surface area (Å²) in [5, 5.41) is 0.103. The van der Waals surface area contributed by atoms with Crippen molar-refractivity contribution in [1.82, 2.24) is 4.90 Å². The fraction of sp³-hybridized carbons (Fsp3) is 0.500. The molecule has 0 saturated carbocycles. The maximum Gasteiger partial charge on any atom is 0.350 e. The van der Waals surface area contributed by atoms with E-state index in [1.165, 1.54) is 26.0 Å². The molecule has 0 unspecified atom stereocenters. The molecule has 0 atom stereocenters. The molecule has 1 aromatic rings. The highest BCUT2D eigenvalue weighted by molar-refractivity contribution is 7.92. The predicted octanol–water partition coefficient (Wildman–Crippen LogP) is 2.47. The van der Waals surface area contributed by atoms with Crippen molar-refractivity contribution in [3.05, 3.63) is 34.9 Å². The van der Waals surface area contributed by atoms with Gasteiger partial charge in [-0.05, 0) is 26.0 Å². The van der Waals surface area contributed by atoms with Crippen LogP contribution in [0.25, 0.3) is 0 Å². The Hall–Kier alpha value is -1.21. The van der Waals surface area contributed by atoms with Crippen LogP contribution < -0.4 is 0 Å². The number of hydrogen-bond acceptors (Lipinski definition) is 3. The highest BCUT2D eigenvalue weighted by Gasteiger charge is 2.49. The number of amides is 1. The minimum atomic E-state index is -3.75. The van der Waals surface area contributed by atoms with E-state index in [4.69, 9.17) is 11.6 Å². The van der Waals surface area contributed by atoms with Gasteiger partial charge < -0.3 is 4.90 Å². The van der Waals surface area contributed by atoms with Gasteiger partial charge in [0.2, 0.25) is 0 Å². The fourth-order valence-corrected chi connectivity index (χ4v) is 3.88. The first-order chi connectivity index (χ1) is 9.97. The molecular formula is C14H16ClF2NO3S. The van der Waals surface area contributed by atoms with Crippen molar-refractivity contribution in [3.63, 3.8) is 0 Å². The van der Waals surface area contributed by atoms with Gasteiger partial charge in [0.05, 0.1) is 10.5 Å². The molecule has 22 heavy (non-hydrogen) atoms. The lowest BCUT2D eigenvalue weighted by molar-refractivity contribution is -0.159. The molecule has 0 radical (unpaired) electrons. The average Bonchev–Trinajstić information content (AvgIpc) is 2.41. The van der Waals surface area contributed by atoms with Gasteiger partial charge in [-0.3, -0.25) is 4.79 Å². The summed E-state index contributed by atoms with van der Waals surface area (Å²) in [6.45, 7) is 2.36. The Kier molecular flexibility index (Phi) is 4.25. The topological polar surface area (TPSA) is 54.5 Å². The molecule has 2 rings (SSSR count). The highest BCUT2D eigenvalue weighted by atomic mass is 35.5. The number of benzene rings is 1. The Bertz CT molecular complexity index is 704. The second-order valence-electron chi connectivity index (χ2n) is 5.89. The lowest BCUT2D eigenvalue weighted by Gasteiger charge is -2.38. The van der Waals surface area contributed by atoms with Gasteiger partial charge in [-0.2, -0.15) is 8.78 Å². The number of hydrogen-bond donors (Lipinski definition) is 0. The molecule has 122 valence electrons. The van der Waals surface area contributed by atoms with Gasteiger partial charge in [-0.25, -0.2) is 8.42 Å². The maximum atomic E-state index is 14.4. The van der Waals surface area contributed by atoms with Gasteiger partial charge in [-0.15, -0.1) is 0 Å². The van der Waals surface area contributed by atoms with Crippen molar-refractivity contribution in [3.8, 4) is 0 Å². The minimum Gasteiger partial charge on any atom is -0.335 e. The molecule has 0 bridgehead atoms. The standard InChI is InChI=1S/C14H16ClF2NO3S/c1-13(2)9-18(6-7-22(13,20)21)12(19)14(16,17)10-4-3-5-11(15)8-10/h3-5,8H,6-7,9H2,1-2H3. The lowest BCUT2D eigenvalue weighted by Crippen LogP contribution is -2.57. The fourth-order valence-electron chi connectivity index (χ4n) is 2.32. The van der Waals surface area contributed by atoms with Crippen LogP contribution in [0.5, 0.6) is 0 Å². The summed E-state index contributed by atoms with van der Waals surface area (Å²) in [7, 11) is -3.40. The molecule has 1 heterocycles. The van der Waals surface area contributed by atoms with E-state index in [1.54, 1.807) is 0 Å². The molecule has 1 saturated heterocycles.